The molecule has 1 atom stereocenters. The molecule has 0 fully saturated rings. The van der Waals surface area contributed by atoms with E-state index in [1.54, 1.807) is 23.5 Å². The lowest BCUT2D eigenvalue weighted by Gasteiger charge is -2.17. The van der Waals surface area contributed by atoms with Gasteiger partial charge in [0, 0.05) is 11.4 Å². The van der Waals surface area contributed by atoms with Crippen LogP contribution in [-0.4, -0.2) is 24.4 Å². The number of amides is 1. The van der Waals surface area contributed by atoms with Crippen molar-refractivity contribution in [2.45, 2.75) is 32.7 Å². The Hall–Kier alpha value is -1.58. The largest absolute Gasteiger partial charge is 0.315 e. The molecule has 0 saturated heterocycles. The van der Waals surface area contributed by atoms with E-state index < -0.39 is 0 Å². The Bertz CT molecular complexity index is 903. The third kappa shape index (κ3) is 4.83. The Kier molecular flexibility index (Phi) is 6.44. The number of hydrogen-bond donors (Lipinski definition) is 1. The van der Waals surface area contributed by atoms with Crippen molar-refractivity contribution in [1.29, 1.82) is 5.26 Å². The summed E-state index contributed by atoms with van der Waals surface area (Å²) in [6.45, 7) is 3.03. The SMILES string of the molecule is CC1CCc2c(sc(NC(=O)CN(C)Cc3ccc(Cl)c(Cl)c3)c2C#N)C1. The molecular weight excluding hydrogens is 401 g/mol. The van der Waals surface area contributed by atoms with Crippen LogP contribution in [0.5, 0.6) is 0 Å². The summed E-state index contributed by atoms with van der Waals surface area (Å²) in [5.41, 5.74) is 2.75. The van der Waals surface area contributed by atoms with Gasteiger partial charge in [0.05, 0.1) is 22.2 Å². The number of fused-ring (bicyclic) bond motifs is 1. The first-order valence-corrected chi connectivity index (χ1v) is 10.4. The van der Waals surface area contributed by atoms with Crippen molar-refractivity contribution >= 4 is 45.4 Å². The molecule has 4 nitrogen and oxygen atoms in total. The lowest BCUT2D eigenvalue weighted by molar-refractivity contribution is -0.117. The number of likely N-dealkylation sites (N-methyl/N-ethyl adjacent to an activating group) is 1. The van der Waals surface area contributed by atoms with Crippen LogP contribution in [0, 0.1) is 17.2 Å². The van der Waals surface area contributed by atoms with Gasteiger partial charge in [0.25, 0.3) is 0 Å². The number of nitriles is 1. The Morgan fingerprint density at radius 2 is 2.19 bits per heavy atom. The fourth-order valence-corrected chi connectivity index (χ4v) is 5.07. The molecule has 1 aliphatic carbocycles. The van der Waals surface area contributed by atoms with Crippen molar-refractivity contribution in [2.75, 3.05) is 18.9 Å². The van der Waals surface area contributed by atoms with Crippen molar-refractivity contribution in [3.63, 3.8) is 0 Å². The first-order chi connectivity index (χ1) is 12.9. The summed E-state index contributed by atoms with van der Waals surface area (Å²) in [5, 5.41) is 14.2. The van der Waals surface area contributed by atoms with Gasteiger partial charge in [0.15, 0.2) is 0 Å². The smallest absolute Gasteiger partial charge is 0.239 e. The number of benzene rings is 1. The zero-order chi connectivity index (χ0) is 19.6. The van der Waals surface area contributed by atoms with Crippen molar-refractivity contribution in [1.82, 2.24) is 4.90 Å². The van der Waals surface area contributed by atoms with Gasteiger partial charge in [-0.3, -0.25) is 9.69 Å². The Morgan fingerprint density at radius 1 is 1.41 bits per heavy atom. The fourth-order valence-electron chi connectivity index (χ4n) is 3.37. The molecule has 1 unspecified atom stereocenters. The maximum atomic E-state index is 12.5. The van der Waals surface area contributed by atoms with E-state index in [2.05, 4.69) is 18.3 Å². The molecular formula is C20H21Cl2N3OS. The molecule has 0 aliphatic heterocycles. The first kappa shape index (κ1) is 20.2. The van der Waals surface area contributed by atoms with Gasteiger partial charge < -0.3 is 5.32 Å². The van der Waals surface area contributed by atoms with E-state index in [0.717, 1.165) is 30.4 Å². The highest BCUT2D eigenvalue weighted by atomic mass is 35.5. The number of anilines is 1. The molecule has 142 valence electrons. The number of carbonyl (C=O) groups is 1. The van der Waals surface area contributed by atoms with E-state index in [1.807, 2.05) is 18.0 Å². The van der Waals surface area contributed by atoms with Crippen LogP contribution in [0.25, 0.3) is 0 Å². The maximum absolute atomic E-state index is 12.5. The zero-order valence-electron chi connectivity index (χ0n) is 15.3. The predicted octanol–water partition coefficient (Wildman–Crippen LogP) is 5.12. The molecule has 0 radical (unpaired) electrons. The standard InChI is InChI=1S/C20H21Cl2N3OS/c1-12-3-5-14-15(9-23)20(27-18(14)7-12)24-19(26)11-25(2)10-13-4-6-16(21)17(22)8-13/h4,6,8,12H,3,5,7,10-11H2,1-2H3,(H,24,26). The van der Waals surface area contributed by atoms with Crippen LogP contribution in [-0.2, 0) is 24.2 Å². The normalized spacial score (nSPS) is 16.1. The van der Waals surface area contributed by atoms with Gasteiger partial charge in [-0.25, -0.2) is 0 Å². The summed E-state index contributed by atoms with van der Waals surface area (Å²) in [6, 6.07) is 7.74. The summed E-state index contributed by atoms with van der Waals surface area (Å²) >= 11 is 13.5. The highest BCUT2D eigenvalue weighted by Gasteiger charge is 2.24. The Morgan fingerprint density at radius 3 is 2.89 bits per heavy atom. The number of carbonyl (C=O) groups excluding carboxylic acids is 1. The van der Waals surface area contributed by atoms with E-state index in [1.165, 1.54) is 4.88 Å². The number of halogens is 2. The zero-order valence-corrected chi connectivity index (χ0v) is 17.6. The van der Waals surface area contributed by atoms with E-state index in [0.29, 0.717) is 33.1 Å². The topological polar surface area (TPSA) is 56.1 Å². The number of thiophene rings is 1. The van der Waals surface area contributed by atoms with Crippen LogP contribution in [0.15, 0.2) is 18.2 Å². The first-order valence-electron chi connectivity index (χ1n) is 8.84. The van der Waals surface area contributed by atoms with Crippen LogP contribution in [0.1, 0.15) is 34.9 Å². The van der Waals surface area contributed by atoms with Gasteiger partial charge in [-0.1, -0.05) is 36.2 Å². The third-order valence-electron chi connectivity index (χ3n) is 4.73. The molecule has 2 aromatic rings. The van der Waals surface area contributed by atoms with Gasteiger partial charge >= 0.3 is 0 Å². The van der Waals surface area contributed by atoms with Crippen LogP contribution in [0.3, 0.4) is 0 Å². The average Bonchev–Trinajstić information content (AvgIpc) is 2.93. The number of rotatable bonds is 5. The second kappa shape index (κ2) is 8.62. The van der Waals surface area contributed by atoms with Gasteiger partial charge in [0.1, 0.15) is 11.1 Å². The summed E-state index contributed by atoms with van der Waals surface area (Å²) in [4.78, 5) is 15.6. The highest BCUT2D eigenvalue weighted by Crippen LogP contribution is 2.39. The second-order valence-electron chi connectivity index (χ2n) is 7.14. The quantitative estimate of drug-likeness (QED) is 0.728. The van der Waals surface area contributed by atoms with E-state index in [9.17, 15) is 10.1 Å². The van der Waals surface area contributed by atoms with Crippen LogP contribution in [0.4, 0.5) is 5.00 Å². The molecule has 3 rings (SSSR count). The van der Waals surface area contributed by atoms with Crippen LogP contribution < -0.4 is 5.32 Å². The summed E-state index contributed by atoms with van der Waals surface area (Å²) in [6.07, 6.45) is 3.00. The van der Waals surface area contributed by atoms with Gasteiger partial charge in [0.2, 0.25) is 5.91 Å². The fraction of sp³-hybridized carbons (Fsp3) is 0.400. The molecule has 0 spiro atoms. The molecule has 1 amide bonds. The van der Waals surface area contributed by atoms with Gasteiger partial charge in [-0.15, -0.1) is 11.3 Å². The average molecular weight is 422 g/mol. The van der Waals surface area contributed by atoms with Crippen LogP contribution >= 0.6 is 34.5 Å². The molecule has 1 aromatic carbocycles. The van der Waals surface area contributed by atoms with E-state index >= 15 is 0 Å². The van der Waals surface area contributed by atoms with Crippen molar-refractivity contribution in [3.8, 4) is 6.07 Å². The molecule has 1 aromatic heterocycles. The number of hydrogen-bond acceptors (Lipinski definition) is 4. The molecule has 0 saturated carbocycles. The molecule has 1 heterocycles. The predicted molar refractivity (Wildman–Crippen MR) is 112 cm³/mol. The van der Waals surface area contributed by atoms with E-state index in [-0.39, 0.29) is 12.5 Å². The minimum absolute atomic E-state index is 0.124. The Balaban J connectivity index is 1.64. The van der Waals surface area contributed by atoms with E-state index in [4.69, 9.17) is 23.2 Å². The minimum Gasteiger partial charge on any atom is -0.315 e. The summed E-state index contributed by atoms with van der Waals surface area (Å²) < 4.78 is 0. The van der Waals surface area contributed by atoms with Crippen LogP contribution in [0.2, 0.25) is 10.0 Å². The molecule has 0 bridgehead atoms. The molecule has 7 heteroatoms. The minimum atomic E-state index is -0.124. The number of nitrogens with one attached hydrogen (secondary N) is 1. The highest BCUT2D eigenvalue weighted by molar-refractivity contribution is 7.16. The lowest BCUT2D eigenvalue weighted by atomic mass is 9.89. The lowest BCUT2D eigenvalue weighted by Crippen LogP contribution is -2.29. The van der Waals surface area contributed by atoms with Crippen molar-refractivity contribution in [2.24, 2.45) is 5.92 Å². The molecule has 27 heavy (non-hydrogen) atoms. The third-order valence-corrected chi connectivity index (χ3v) is 6.64. The van der Waals surface area contributed by atoms with Gasteiger partial charge in [-0.05, 0) is 55.5 Å². The Labute approximate surface area is 173 Å². The maximum Gasteiger partial charge on any atom is 0.239 e. The summed E-state index contributed by atoms with van der Waals surface area (Å²) in [7, 11) is 1.87. The monoisotopic (exact) mass is 421 g/mol. The second-order valence-corrected chi connectivity index (χ2v) is 9.06. The number of nitrogens with zero attached hydrogens (tertiary/aromatic N) is 2. The van der Waals surface area contributed by atoms with Gasteiger partial charge in [-0.2, -0.15) is 5.26 Å². The van der Waals surface area contributed by atoms with Crippen molar-refractivity contribution in [3.05, 3.63) is 49.8 Å². The summed E-state index contributed by atoms with van der Waals surface area (Å²) in [5.74, 6) is 0.504. The molecule has 1 N–H and O–H groups in total. The van der Waals surface area contributed by atoms with Crippen molar-refractivity contribution < 1.29 is 4.79 Å². The molecule has 1 aliphatic rings.